The number of benzene rings is 1. The molecule has 1 aromatic rings. The van der Waals surface area contributed by atoms with Gasteiger partial charge in [-0.05, 0) is 56.5 Å². The second-order valence-electron chi connectivity index (χ2n) is 4.95. The molecule has 1 aliphatic heterocycles. The van der Waals surface area contributed by atoms with Gasteiger partial charge >= 0.3 is 0 Å². The van der Waals surface area contributed by atoms with E-state index in [-0.39, 0.29) is 11.8 Å². The molecule has 1 saturated heterocycles. The summed E-state index contributed by atoms with van der Waals surface area (Å²) in [6.45, 7) is 5.86. The average molecular weight is 311 g/mol. The summed E-state index contributed by atoms with van der Waals surface area (Å²) in [7, 11) is 0. The van der Waals surface area contributed by atoms with Crippen molar-refractivity contribution >= 4 is 27.5 Å². The van der Waals surface area contributed by atoms with Crippen molar-refractivity contribution in [2.24, 2.45) is 5.92 Å². The summed E-state index contributed by atoms with van der Waals surface area (Å²) in [4.78, 5) is 12.2. The molecule has 0 spiro atoms. The van der Waals surface area contributed by atoms with Gasteiger partial charge in [0.2, 0.25) is 5.91 Å². The molecule has 1 aliphatic rings. The summed E-state index contributed by atoms with van der Waals surface area (Å²) in [6.07, 6.45) is 2.06. The fourth-order valence-corrected chi connectivity index (χ4v) is 3.10. The molecule has 1 fully saturated rings. The van der Waals surface area contributed by atoms with E-state index >= 15 is 0 Å². The molecule has 2 rings (SSSR count). The minimum atomic E-state index is 0.0983. The lowest BCUT2D eigenvalue weighted by Gasteiger charge is -2.23. The highest BCUT2D eigenvalue weighted by molar-refractivity contribution is 9.10. The maximum Gasteiger partial charge on any atom is 0.228 e. The van der Waals surface area contributed by atoms with Crippen LogP contribution < -0.4 is 10.6 Å². The number of amides is 1. The van der Waals surface area contributed by atoms with Gasteiger partial charge in [0.15, 0.2) is 0 Å². The van der Waals surface area contributed by atoms with E-state index in [4.69, 9.17) is 0 Å². The lowest BCUT2D eigenvalue weighted by atomic mass is 9.98. The Labute approximate surface area is 116 Å². The van der Waals surface area contributed by atoms with Gasteiger partial charge in [-0.1, -0.05) is 15.9 Å². The Kier molecular flexibility index (Phi) is 4.40. The summed E-state index contributed by atoms with van der Waals surface area (Å²) in [5, 5.41) is 6.35. The number of rotatable bonds is 2. The van der Waals surface area contributed by atoms with E-state index in [1.807, 2.05) is 26.0 Å². The standard InChI is InChI=1S/C14H19BrN2O/c1-9-6-12(15)7-10(2)13(9)17-14(18)11-4-3-5-16-8-11/h6-7,11,16H,3-5,8H2,1-2H3,(H,17,18)/t11-/m1/s1. The first kappa shape index (κ1) is 13.6. The molecular weight excluding hydrogens is 292 g/mol. The van der Waals surface area contributed by atoms with E-state index in [2.05, 4.69) is 26.6 Å². The fraction of sp³-hybridized carbons (Fsp3) is 0.500. The third-order valence-corrected chi connectivity index (χ3v) is 3.87. The topological polar surface area (TPSA) is 41.1 Å². The van der Waals surface area contributed by atoms with Gasteiger partial charge in [0, 0.05) is 16.7 Å². The molecule has 98 valence electrons. The van der Waals surface area contributed by atoms with Crippen molar-refractivity contribution in [3.63, 3.8) is 0 Å². The SMILES string of the molecule is Cc1cc(Br)cc(C)c1NC(=O)[C@@H]1CCCNC1. The largest absolute Gasteiger partial charge is 0.325 e. The third kappa shape index (κ3) is 3.12. The van der Waals surface area contributed by atoms with E-state index in [1.54, 1.807) is 0 Å². The van der Waals surface area contributed by atoms with E-state index in [9.17, 15) is 4.79 Å². The van der Waals surface area contributed by atoms with E-state index in [0.717, 1.165) is 47.2 Å². The van der Waals surface area contributed by atoms with Gasteiger partial charge in [0.25, 0.3) is 0 Å². The normalized spacial score (nSPS) is 19.6. The van der Waals surface area contributed by atoms with Gasteiger partial charge < -0.3 is 10.6 Å². The molecule has 3 nitrogen and oxygen atoms in total. The first-order valence-corrected chi connectivity index (χ1v) is 7.15. The van der Waals surface area contributed by atoms with Crippen molar-refractivity contribution < 1.29 is 4.79 Å². The Morgan fingerprint density at radius 3 is 2.61 bits per heavy atom. The molecule has 2 N–H and O–H groups in total. The third-order valence-electron chi connectivity index (χ3n) is 3.41. The van der Waals surface area contributed by atoms with Crippen LogP contribution in [0.1, 0.15) is 24.0 Å². The van der Waals surface area contributed by atoms with Crippen molar-refractivity contribution in [3.8, 4) is 0 Å². The number of nitrogens with one attached hydrogen (secondary N) is 2. The fourth-order valence-electron chi connectivity index (χ4n) is 2.41. The average Bonchev–Trinajstić information content (AvgIpc) is 2.34. The molecule has 0 radical (unpaired) electrons. The van der Waals surface area contributed by atoms with Crippen LogP contribution in [0.3, 0.4) is 0 Å². The maximum absolute atomic E-state index is 12.2. The molecular formula is C14H19BrN2O. The molecule has 0 aromatic heterocycles. The lowest BCUT2D eigenvalue weighted by molar-refractivity contribution is -0.120. The Balaban J connectivity index is 2.11. The van der Waals surface area contributed by atoms with E-state index < -0.39 is 0 Å². The summed E-state index contributed by atoms with van der Waals surface area (Å²) in [6, 6.07) is 4.06. The highest BCUT2D eigenvalue weighted by Crippen LogP contribution is 2.26. The van der Waals surface area contributed by atoms with Gasteiger partial charge in [-0.25, -0.2) is 0 Å². The van der Waals surface area contributed by atoms with Crippen LogP contribution in [-0.2, 0) is 4.79 Å². The highest BCUT2D eigenvalue weighted by Gasteiger charge is 2.21. The van der Waals surface area contributed by atoms with Crippen LogP contribution in [0, 0.1) is 19.8 Å². The molecule has 1 aromatic carbocycles. The van der Waals surface area contributed by atoms with E-state index in [0.29, 0.717) is 0 Å². The Bertz CT molecular complexity index is 430. The number of halogens is 1. The van der Waals surface area contributed by atoms with Gasteiger partial charge in [0.05, 0.1) is 5.92 Å². The minimum Gasteiger partial charge on any atom is -0.325 e. The predicted molar refractivity (Wildman–Crippen MR) is 77.8 cm³/mol. The zero-order valence-electron chi connectivity index (χ0n) is 10.8. The Hall–Kier alpha value is -0.870. The number of carbonyl (C=O) groups is 1. The second-order valence-corrected chi connectivity index (χ2v) is 5.86. The minimum absolute atomic E-state index is 0.0983. The zero-order valence-corrected chi connectivity index (χ0v) is 12.4. The van der Waals surface area contributed by atoms with Crippen LogP contribution in [0.25, 0.3) is 0 Å². The van der Waals surface area contributed by atoms with Crippen LogP contribution in [0.4, 0.5) is 5.69 Å². The van der Waals surface area contributed by atoms with Crippen molar-refractivity contribution in [3.05, 3.63) is 27.7 Å². The van der Waals surface area contributed by atoms with Gasteiger partial charge in [-0.3, -0.25) is 4.79 Å². The van der Waals surface area contributed by atoms with Crippen molar-refractivity contribution in [2.45, 2.75) is 26.7 Å². The summed E-state index contributed by atoms with van der Waals surface area (Å²) in [5.74, 6) is 0.233. The number of aryl methyl sites for hydroxylation is 2. The molecule has 0 unspecified atom stereocenters. The smallest absolute Gasteiger partial charge is 0.228 e. The van der Waals surface area contributed by atoms with Crippen LogP contribution in [0.2, 0.25) is 0 Å². The molecule has 0 bridgehead atoms. The second kappa shape index (κ2) is 5.85. The van der Waals surface area contributed by atoms with Gasteiger partial charge in [-0.2, -0.15) is 0 Å². The molecule has 1 amide bonds. The Morgan fingerprint density at radius 1 is 1.39 bits per heavy atom. The Morgan fingerprint density at radius 2 is 2.06 bits per heavy atom. The number of piperidine rings is 1. The quantitative estimate of drug-likeness (QED) is 0.881. The van der Waals surface area contributed by atoms with Crippen LogP contribution in [-0.4, -0.2) is 19.0 Å². The van der Waals surface area contributed by atoms with Gasteiger partial charge in [-0.15, -0.1) is 0 Å². The number of hydrogen-bond donors (Lipinski definition) is 2. The maximum atomic E-state index is 12.2. The highest BCUT2D eigenvalue weighted by atomic mass is 79.9. The molecule has 0 aliphatic carbocycles. The molecule has 4 heteroatoms. The molecule has 18 heavy (non-hydrogen) atoms. The molecule has 1 atom stereocenters. The van der Waals surface area contributed by atoms with Crippen LogP contribution in [0.15, 0.2) is 16.6 Å². The number of anilines is 1. The summed E-state index contributed by atoms with van der Waals surface area (Å²) in [5.41, 5.74) is 3.15. The van der Waals surface area contributed by atoms with E-state index in [1.165, 1.54) is 0 Å². The monoisotopic (exact) mass is 310 g/mol. The van der Waals surface area contributed by atoms with Crippen molar-refractivity contribution in [2.75, 3.05) is 18.4 Å². The first-order chi connectivity index (χ1) is 8.58. The van der Waals surface area contributed by atoms with Crippen molar-refractivity contribution in [1.82, 2.24) is 5.32 Å². The zero-order chi connectivity index (χ0) is 13.1. The molecule has 1 heterocycles. The predicted octanol–water partition coefficient (Wildman–Crippen LogP) is 3.00. The van der Waals surface area contributed by atoms with Crippen LogP contribution in [0.5, 0.6) is 0 Å². The summed E-state index contributed by atoms with van der Waals surface area (Å²) >= 11 is 3.47. The summed E-state index contributed by atoms with van der Waals surface area (Å²) < 4.78 is 1.05. The van der Waals surface area contributed by atoms with Crippen LogP contribution >= 0.6 is 15.9 Å². The van der Waals surface area contributed by atoms with Crippen molar-refractivity contribution in [1.29, 1.82) is 0 Å². The lowest BCUT2D eigenvalue weighted by Crippen LogP contribution is -2.37. The first-order valence-electron chi connectivity index (χ1n) is 6.36. The molecule has 0 saturated carbocycles. The van der Waals surface area contributed by atoms with Gasteiger partial charge in [0.1, 0.15) is 0 Å². The number of hydrogen-bond acceptors (Lipinski definition) is 2. The number of carbonyl (C=O) groups excluding carboxylic acids is 1.